The lowest BCUT2D eigenvalue weighted by Gasteiger charge is -2.11. The molecule has 0 spiro atoms. The Morgan fingerprint density at radius 2 is 0.625 bits per heavy atom. The molecule has 0 radical (unpaired) electrons. The molecule has 4 rings (SSSR count). The van der Waals surface area contributed by atoms with E-state index in [2.05, 4.69) is 0 Å². The number of halogens is 6. The van der Waals surface area contributed by atoms with Crippen molar-refractivity contribution in [2.24, 2.45) is 0 Å². The van der Waals surface area contributed by atoms with Crippen LogP contribution in [0, 0.1) is 0 Å². The van der Waals surface area contributed by atoms with Gasteiger partial charge < -0.3 is 9.47 Å². The Hall–Kier alpha value is -4.04. The van der Waals surface area contributed by atoms with E-state index < -0.39 is 40.5 Å². The molecule has 0 atom stereocenters. The number of alkyl halides is 6. The molecule has 6 nitrogen and oxygen atoms in total. The SMILES string of the molecule is O=S(=O)(c1ccc(Oc2ccc(-c3ccc(Oc4ccc(S(=O)(=O)C(F)(F)F)cc4)cc3)cc2)cc1)C(F)(F)F. The Morgan fingerprint density at radius 1 is 0.400 bits per heavy atom. The normalized spacial score (nSPS) is 12.7. The summed E-state index contributed by atoms with van der Waals surface area (Å²) < 4.78 is 133. The van der Waals surface area contributed by atoms with E-state index >= 15 is 0 Å². The third-order valence-electron chi connectivity index (χ3n) is 5.39. The Kier molecular flexibility index (Phi) is 7.60. The smallest absolute Gasteiger partial charge is 0.457 e. The third-order valence-corrected chi connectivity index (χ3v) is 8.40. The van der Waals surface area contributed by atoms with Crippen LogP contribution in [-0.2, 0) is 19.7 Å². The Balaban J connectivity index is 1.40. The van der Waals surface area contributed by atoms with Crippen LogP contribution in [0.25, 0.3) is 11.1 Å². The molecule has 0 bridgehead atoms. The highest BCUT2D eigenvalue weighted by molar-refractivity contribution is 7.92. The van der Waals surface area contributed by atoms with Crippen molar-refractivity contribution < 1.29 is 52.7 Å². The van der Waals surface area contributed by atoms with Gasteiger partial charge in [-0.2, -0.15) is 26.3 Å². The van der Waals surface area contributed by atoms with Gasteiger partial charge in [-0.3, -0.25) is 0 Å². The highest BCUT2D eigenvalue weighted by Gasteiger charge is 2.47. The highest BCUT2D eigenvalue weighted by atomic mass is 32.2. The van der Waals surface area contributed by atoms with Gasteiger partial charge in [0.2, 0.25) is 0 Å². The van der Waals surface area contributed by atoms with E-state index in [1.807, 2.05) is 0 Å². The van der Waals surface area contributed by atoms with E-state index in [0.717, 1.165) is 59.7 Å². The fourth-order valence-electron chi connectivity index (χ4n) is 3.34. The molecule has 0 aliphatic heterocycles. The molecule has 0 amide bonds. The standard InChI is InChI=1S/C26H16F6O6S2/c27-25(28,29)39(33,34)23-13-9-21(10-14-23)37-19-5-1-17(2-6-19)18-3-7-20(8-4-18)38-22-11-15-24(16-12-22)40(35,36)26(30,31)32/h1-16H. The van der Waals surface area contributed by atoms with Crippen molar-refractivity contribution in [3.63, 3.8) is 0 Å². The Labute approximate surface area is 224 Å². The minimum Gasteiger partial charge on any atom is -0.457 e. The van der Waals surface area contributed by atoms with Gasteiger partial charge >= 0.3 is 11.0 Å². The summed E-state index contributed by atoms with van der Waals surface area (Å²) in [5.74, 6) is 0.927. The summed E-state index contributed by atoms with van der Waals surface area (Å²) in [6, 6.07) is 20.8. The van der Waals surface area contributed by atoms with Crippen molar-refractivity contribution >= 4 is 19.7 Å². The molecule has 0 fully saturated rings. The number of rotatable bonds is 7. The van der Waals surface area contributed by atoms with Gasteiger partial charge in [0.25, 0.3) is 19.7 Å². The summed E-state index contributed by atoms with van der Waals surface area (Å²) in [4.78, 5) is -1.80. The quantitative estimate of drug-likeness (QED) is 0.203. The molecule has 0 aliphatic rings. The van der Waals surface area contributed by atoms with E-state index in [-0.39, 0.29) is 11.5 Å². The summed E-state index contributed by atoms with van der Waals surface area (Å²) in [5, 5.41) is 0. The average Bonchev–Trinajstić information content (AvgIpc) is 2.89. The average molecular weight is 603 g/mol. The van der Waals surface area contributed by atoms with E-state index in [1.165, 1.54) is 0 Å². The van der Waals surface area contributed by atoms with Crippen molar-refractivity contribution in [1.82, 2.24) is 0 Å². The number of hydrogen-bond donors (Lipinski definition) is 0. The monoisotopic (exact) mass is 602 g/mol. The van der Waals surface area contributed by atoms with Gasteiger partial charge in [0.05, 0.1) is 9.79 Å². The molecule has 0 heterocycles. The fraction of sp³-hybridized carbons (Fsp3) is 0.0769. The molecular formula is C26H16F6O6S2. The maximum absolute atomic E-state index is 12.7. The number of ether oxygens (including phenoxy) is 2. The maximum atomic E-state index is 12.7. The molecule has 4 aromatic carbocycles. The number of hydrogen-bond acceptors (Lipinski definition) is 6. The molecule has 0 N–H and O–H groups in total. The van der Waals surface area contributed by atoms with E-state index in [9.17, 15) is 43.2 Å². The molecule has 14 heteroatoms. The highest BCUT2D eigenvalue weighted by Crippen LogP contribution is 2.34. The van der Waals surface area contributed by atoms with Gasteiger partial charge in [-0.05, 0) is 83.9 Å². The van der Waals surface area contributed by atoms with Crippen molar-refractivity contribution in [2.45, 2.75) is 20.8 Å². The van der Waals surface area contributed by atoms with E-state index in [4.69, 9.17) is 9.47 Å². The van der Waals surface area contributed by atoms with Crippen LogP contribution in [0.4, 0.5) is 26.3 Å². The number of sulfone groups is 2. The van der Waals surface area contributed by atoms with Crippen molar-refractivity contribution in [3.8, 4) is 34.1 Å². The summed E-state index contributed by atoms with van der Waals surface area (Å²) >= 11 is 0. The maximum Gasteiger partial charge on any atom is 0.501 e. The Bertz CT molecular complexity index is 1560. The predicted molar refractivity (Wildman–Crippen MR) is 131 cm³/mol. The van der Waals surface area contributed by atoms with Crippen LogP contribution in [0.15, 0.2) is 107 Å². The predicted octanol–water partition coefficient (Wildman–Crippen LogP) is 7.53. The molecule has 4 aromatic rings. The van der Waals surface area contributed by atoms with Crippen LogP contribution >= 0.6 is 0 Å². The molecule has 210 valence electrons. The van der Waals surface area contributed by atoms with Crippen molar-refractivity contribution in [1.29, 1.82) is 0 Å². The molecule has 0 saturated carbocycles. The topological polar surface area (TPSA) is 86.7 Å². The minimum absolute atomic E-state index is 0.124. The molecule has 0 unspecified atom stereocenters. The van der Waals surface area contributed by atoms with Gasteiger partial charge in [-0.25, -0.2) is 16.8 Å². The van der Waals surface area contributed by atoms with E-state index in [0.29, 0.717) is 11.5 Å². The summed E-state index contributed by atoms with van der Waals surface area (Å²) in [6.07, 6.45) is 0. The van der Waals surface area contributed by atoms with Gasteiger partial charge in [0, 0.05) is 0 Å². The van der Waals surface area contributed by atoms with Crippen LogP contribution in [0.5, 0.6) is 23.0 Å². The van der Waals surface area contributed by atoms with Crippen LogP contribution < -0.4 is 9.47 Å². The third kappa shape index (κ3) is 6.07. The van der Waals surface area contributed by atoms with Gasteiger partial charge in [-0.15, -0.1) is 0 Å². The van der Waals surface area contributed by atoms with Gasteiger partial charge in [0.1, 0.15) is 23.0 Å². The lowest BCUT2D eigenvalue weighted by molar-refractivity contribution is -0.0442. The molecule has 40 heavy (non-hydrogen) atoms. The first-order valence-electron chi connectivity index (χ1n) is 11.0. The van der Waals surface area contributed by atoms with Crippen LogP contribution in [0.2, 0.25) is 0 Å². The van der Waals surface area contributed by atoms with Crippen LogP contribution in [0.1, 0.15) is 0 Å². The zero-order chi connectivity index (χ0) is 29.3. The van der Waals surface area contributed by atoms with Crippen LogP contribution in [0.3, 0.4) is 0 Å². The molecule has 0 aliphatic carbocycles. The lowest BCUT2D eigenvalue weighted by atomic mass is 10.1. The van der Waals surface area contributed by atoms with Crippen molar-refractivity contribution in [3.05, 3.63) is 97.1 Å². The van der Waals surface area contributed by atoms with Gasteiger partial charge in [0.15, 0.2) is 0 Å². The van der Waals surface area contributed by atoms with Crippen molar-refractivity contribution in [2.75, 3.05) is 0 Å². The second kappa shape index (κ2) is 10.5. The van der Waals surface area contributed by atoms with Crippen LogP contribution in [-0.4, -0.2) is 27.9 Å². The first-order valence-corrected chi connectivity index (χ1v) is 13.9. The lowest BCUT2D eigenvalue weighted by Crippen LogP contribution is -2.23. The summed E-state index contributed by atoms with van der Waals surface area (Å²) in [7, 11) is -10.9. The zero-order valence-electron chi connectivity index (χ0n) is 19.8. The first kappa shape index (κ1) is 29.0. The minimum atomic E-state index is -5.46. The number of benzene rings is 4. The summed E-state index contributed by atoms with van der Waals surface area (Å²) in [5.41, 5.74) is -9.31. The largest absolute Gasteiger partial charge is 0.501 e. The fourth-order valence-corrected chi connectivity index (χ4v) is 4.87. The zero-order valence-corrected chi connectivity index (χ0v) is 21.4. The molecule has 0 aromatic heterocycles. The molecular weight excluding hydrogens is 586 g/mol. The van der Waals surface area contributed by atoms with E-state index in [1.54, 1.807) is 48.5 Å². The summed E-state index contributed by atoms with van der Waals surface area (Å²) in [6.45, 7) is 0. The second-order valence-electron chi connectivity index (χ2n) is 8.09. The first-order chi connectivity index (χ1) is 18.6. The Morgan fingerprint density at radius 3 is 0.850 bits per heavy atom. The molecule has 0 saturated heterocycles. The van der Waals surface area contributed by atoms with Gasteiger partial charge in [-0.1, -0.05) is 24.3 Å². The second-order valence-corrected chi connectivity index (χ2v) is 12.0.